The van der Waals surface area contributed by atoms with E-state index in [4.69, 9.17) is 5.73 Å². The average Bonchev–Trinajstić information content (AvgIpc) is 3.10. The van der Waals surface area contributed by atoms with Crippen LogP contribution >= 0.6 is 0 Å². The summed E-state index contributed by atoms with van der Waals surface area (Å²) < 4.78 is 0. The van der Waals surface area contributed by atoms with Gasteiger partial charge in [0, 0.05) is 6.54 Å². The normalized spacial score (nSPS) is 23.6. The summed E-state index contributed by atoms with van der Waals surface area (Å²) in [6, 6.07) is 8.82. The number of benzene rings is 1. The van der Waals surface area contributed by atoms with E-state index >= 15 is 0 Å². The van der Waals surface area contributed by atoms with E-state index in [0.29, 0.717) is 12.2 Å². The van der Waals surface area contributed by atoms with E-state index in [9.17, 15) is 0 Å². The van der Waals surface area contributed by atoms with Crippen LogP contribution in [0, 0.1) is 0 Å². The van der Waals surface area contributed by atoms with Crippen LogP contribution in [0.2, 0.25) is 0 Å². The SMILES string of the molecule is NCc1ccc(C2CCC3(CC2)NN3)cc1. The third-order valence-electron chi connectivity index (χ3n) is 4.00. The quantitative estimate of drug-likeness (QED) is 0.659. The fourth-order valence-corrected chi connectivity index (χ4v) is 2.71. The second-order valence-corrected chi connectivity index (χ2v) is 5.05. The lowest BCUT2D eigenvalue weighted by atomic mass is 9.80. The predicted octanol–water partition coefficient (Wildman–Crippen LogP) is 1.61. The molecule has 1 saturated carbocycles. The van der Waals surface area contributed by atoms with Crippen LogP contribution in [0.4, 0.5) is 0 Å². The molecule has 1 spiro atoms. The highest BCUT2D eigenvalue weighted by atomic mass is 15.7. The number of hydrazine groups is 1. The van der Waals surface area contributed by atoms with Crippen LogP contribution in [-0.2, 0) is 6.54 Å². The van der Waals surface area contributed by atoms with Crippen molar-refractivity contribution in [3.63, 3.8) is 0 Å². The van der Waals surface area contributed by atoms with Crippen molar-refractivity contribution in [3.05, 3.63) is 35.4 Å². The largest absolute Gasteiger partial charge is 0.326 e. The van der Waals surface area contributed by atoms with Crippen LogP contribution in [0.15, 0.2) is 24.3 Å². The molecule has 1 aliphatic heterocycles. The average molecular weight is 217 g/mol. The molecule has 0 bridgehead atoms. The fourth-order valence-electron chi connectivity index (χ4n) is 2.71. The second-order valence-electron chi connectivity index (χ2n) is 5.05. The van der Waals surface area contributed by atoms with Crippen molar-refractivity contribution in [3.8, 4) is 0 Å². The third-order valence-corrected chi connectivity index (χ3v) is 4.00. The highest BCUT2D eigenvalue weighted by Gasteiger charge is 2.44. The van der Waals surface area contributed by atoms with Gasteiger partial charge in [-0.1, -0.05) is 24.3 Å². The third kappa shape index (κ3) is 1.86. The summed E-state index contributed by atoms with van der Waals surface area (Å²) in [5.41, 5.74) is 15.2. The molecule has 1 saturated heterocycles. The van der Waals surface area contributed by atoms with Gasteiger partial charge in [-0.2, -0.15) is 0 Å². The van der Waals surface area contributed by atoms with E-state index in [-0.39, 0.29) is 0 Å². The summed E-state index contributed by atoms with van der Waals surface area (Å²) >= 11 is 0. The molecule has 4 N–H and O–H groups in total. The Morgan fingerprint density at radius 1 is 1.12 bits per heavy atom. The molecule has 0 unspecified atom stereocenters. The summed E-state index contributed by atoms with van der Waals surface area (Å²) in [6.45, 7) is 0.641. The van der Waals surface area contributed by atoms with E-state index in [2.05, 4.69) is 35.1 Å². The Labute approximate surface area is 96.4 Å². The minimum absolute atomic E-state index is 0.313. The van der Waals surface area contributed by atoms with Crippen LogP contribution < -0.4 is 16.6 Å². The zero-order chi connectivity index (χ0) is 11.0. The van der Waals surface area contributed by atoms with Gasteiger partial charge in [-0.25, -0.2) is 10.9 Å². The van der Waals surface area contributed by atoms with E-state index < -0.39 is 0 Å². The molecule has 3 heteroatoms. The summed E-state index contributed by atoms with van der Waals surface area (Å²) in [6.07, 6.45) is 5.05. The molecule has 1 aromatic carbocycles. The highest BCUT2D eigenvalue weighted by molar-refractivity contribution is 5.26. The Bertz CT molecular complexity index is 357. The van der Waals surface area contributed by atoms with Gasteiger partial charge in [0.05, 0.1) is 5.66 Å². The highest BCUT2D eigenvalue weighted by Crippen LogP contribution is 2.39. The summed E-state index contributed by atoms with van der Waals surface area (Å²) in [4.78, 5) is 0. The molecule has 16 heavy (non-hydrogen) atoms. The molecule has 86 valence electrons. The number of nitrogens with two attached hydrogens (primary N) is 1. The van der Waals surface area contributed by atoms with Gasteiger partial charge in [0.1, 0.15) is 0 Å². The molecule has 0 aromatic heterocycles. The van der Waals surface area contributed by atoms with Crippen molar-refractivity contribution in [2.45, 2.75) is 43.8 Å². The van der Waals surface area contributed by atoms with Crippen molar-refractivity contribution < 1.29 is 0 Å². The smallest absolute Gasteiger partial charge is 0.0943 e. The van der Waals surface area contributed by atoms with Gasteiger partial charge in [-0.15, -0.1) is 0 Å². The minimum Gasteiger partial charge on any atom is -0.326 e. The van der Waals surface area contributed by atoms with E-state index in [1.807, 2.05) is 0 Å². The van der Waals surface area contributed by atoms with Gasteiger partial charge in [-0.05, 0) is 42.7 Å². The molecule has 1 aliphatic carbocycles. The first kappa shape index (κ1) is 10.3. The maximum absolute atomic E-state index is 5.61. The standard InChI is InChI=1S/C13H19N3/c14-9-10-1-3-11(4-2-10)12-5-7-13(8-6-12)15-16-13/h1-4,12,15-16H,5-9,14H2. The molecule has 3 rings (SSSR count). The van der Waals surface area contributed by atoms with Gasteiger partial charge in [0.15, 0.2) is 0 Å². The number of rotatable bonds is 2. The van der Waals surface area contributed by atoms with Crippen molar-refractivity contribution >= 4 is 0 Å². The lowest BCUT2D eigenvalue weighted by Gasteiger charge is -2.26. The predicted molar refractivity (Wildman–Crippen MR) is 64.5 cm³/mol. The summed E-state index contributed by atoms with van der Waals surface area (Å²) in [5, 5.41) is 0. The Hall–Kier alpha value is -0.900. The number of nitrogens with one attached hydrogen (secondary N) is 2. The van der Waals surface area contributed by atoms with Crippen LogP contribution in [-0.4, -0.2) is 5.66 Å². The molecule has 0 atom stereocenters. The first-order valence-corrected chi connectivity index (χ1v) is 6.15. The van der Waals surface area contributed by atoms with E-state index in [0.717, 1.165) is 5.92 Å². The molecule has 3 nitrogen and oxygen atoms in total. The van der Waals surface area contributed by atoms with Gasteiger partial charge >= 0.3 is 0 Å². The molecule has 1 heterocycles. The van der Waals surface area contributed by atoms with Crippen LogP contribution in [0.25, 0.3) is 0 Å². The van der Waals surface area contributed by atoms with E-state index in [1.165, 1.54) is 36.8 Å². The minimum atomic E-state index is 0.313. The molecule has 2 aliphatic rings. The Balaban J connectivity index is 1.67. The fraction of sp³-hybridized carbons (Fsp3) is 0.538. The lowest BCUT2D eigenvalue weighted by Crippen LogP contribution is -2.24. The second kappa shape index (κ2) is 3.84. The Morgan fingerprint density at radius 2 is 1.75 bits per heavy atom. The zero-order valence-corrected chi connectivity index (χ0v) is 9.50. The topological polar surface area (TPSA) is 69.9 Å². The summed E-state index contributed by atoms with van der Waals surface area (Å²) in [7, 11) is 0. The van der Waals surface area contributed by atoms with E-state index in [1.54, 1.807) is 0 Å². The van der Waals surface area contributed by atoms with Crippen LogP contribution in [0.5, 0.6) is 0 Å². The maximum atomic E-state index is 5.61. The number of hydrogen-bond donors (Lipinski definition) is 3. The molecule has 0 amide bonds. The first-order chi connectivity index (χ1) is 7.81. The van der Waals surface area contributed by atoms with Crippen molar-refractivity contribution in [1.82, 2.24) is 10.9 Å². The van der Waals surface area contributed by atoms with Crippen molar-refractivity contribution in [1.29, 1.82) is 0 Å². The van der Waals surface area contributed by atoms with Crippen LogP contribution in [0.3, 0.4) is 0 Å². The lowest BCUT2D eigenvalue weighted by molar-refractivity contribution is 0.360. The first-order valence-electron chi connectivity index (χ1n) is 6.15. The van der Waals surface area contributed by atoms with Gasteiger partial charge < -0.3 is 5.73 Å². The van der Waals surface area contributed by atoms with Gasteiger partial charge in [0.25, 0.3) is 0 Å². The summed E-state index contributed by atoms with van der Waals surface area (Å²) in [5.74, 6) is 0.738. The molecule has 0 radical (unpaired) electrons. The van der Waals surface area contributed by atoms with Crippen LogP contribution in [0.1, 0.15) is 42.7 Å². The maximum Gasteiger partial charge on any atom is 0.0943 e. The van der Waals surface area contributed by atoms with Crippen molar-refractivity contribution in [2.24, 2.45) is 5.73 Å². The monoisotopic (exact) mass is 217 g/mol. The number of hydrogen-bond acceptors (Lipinski definition) is 3. The zero-order valence-electron chi connectivity index (χ0n) is 9.50. The Morgan fingerprint density at radius 3 is 2.25 bits per heavy atom. The molecular formula is C13H19N3. The molecule has 2 fully saturated rings. The van der Waals surface area contributed by atoms with Gasteiger partial charge in [0.2, 0.25) is 0 Å². The molecule has 1 aromatic rings. The van der Waals surface area contributed by atoms with Crippen molar-refractivity contribution in [2.75, 3.05) is 0 Å². The van der Waals surface area contributed by atoms with Gasteiger partial charge in [-0.3, -0.25) is 0 Å². The Kier molecular flexibility index (Phi) is 2.46. The molecular weight excluding hydrogens is 198 g/mol.